The van der Waals surface area contributed by atoms with Gasteiger partial charge in [0.05, 0.1) is 12.6 Å². The van der Waals surface area contributed by atoms with Gasteiger partial charge < -0.3 is 5.11 Å². The average molecular weight is 149 g/mol. The van der Waals surface area contributed by atoms with Gasteiger partial charge in [-0.2, -0.15) is 0 Å². The molecule has 0 saturated heterocycles. The Morgan fingerprint density at radius 3 is 2.91 bits per heavy atom. The first-order valence-corrected chi connectivity index (χ1v) is 3.91. The van der Waals surface area contributed by atoms with Gasteiger partial charge in [0, 0.05) is 18.1 Å². The summed E-state index contributed by atoms with van der Waals surface area (Å²) in [4.78, 5) is 4.29. The third-order valence-corrected chi connectivity index (χ3v) is 2.30. The predicted molar refractivity (Wildman–Crippen MR) is 44.6 cm³/mol. The monoisotopic (exact) mass is 149 g/mol. The zero-order chi connectivity index (χ0) is 7.68. The molecule has 2 rings (SSSR count). The van der Waals surface area contributed by atoms with Crippen LogP contribution in [0.2, 0.25) is 0 Å². The first-order chi connectivity index (χ1) is 5.42. The Morgan fingerprint density at radius 2 is 2.09 bits per heavy atom. The van der Waals surface area contributed by atoms with Crippen LogP contribution in [0, 0.1) is 11.8 Å². The number of hydrogen-bond donors (Lipinski definition) is 1. The molecular formula is C9H11NO. The van der Waals surface area contributed by atoms with E-state index in [0.717, 1.165) is 0 Å². The number of aliphatic hydroxyl groups is 1. The number of rotatable bonds is 1. The van der Waals surface area contributed by atoms with Gasteiger partial charge in [-0.3, -0.25) is 4.99 Å². The minimum Gasteiger partial charge on any atom is -0.396 e. The van der Waals surface area contributed by atoms with Gasteiger partial charge >= 0.3 is 0 Å². The minimum atomic E-state index is 0.211. The van der Waals surface area contributed by atoms with Gasteiger partial charge in [-0.25, -0.2) is 0 Å². The fourth-order valence-corrected chi connectivity index (χ4v) is 1.64. The predicted octanol–water partition coefficient (Wildman–Crippen LogP) is 0.790. The van der Waals surface area contributed by atoms with Crippen molar-refractivity contribution >= 4 is 6.21 Å². The van der Waals surface area contributed by atoms with Gasteiger partial charge in [0.15, 0.2) is 0 Å². The fourth-order valence-electron chi connectivity index (χ4n) is 1.64. The second kappa shape index (κ2) is 2.62. The van der Waals surface area contributed by atoms with Crippen LogP contribution in [-0.4, -0.2) is 24.0 Å². The van der Waals surface area contributed by atoms with Crippen molar-refractivity contribution in [1.82, 2.24) is 0 Å². The van der Waals surface area contributed by atoms with Crippen molar-refractivity contribution in [2.45, 2.75) is 6.04 Å². The molecule has 2 nitrogen and oxygen atoms in total. The maximum atomic E-state index is 8.96. The van der Waals surface area contributed by atoms with Crippen LogP contribution in [0.15, 0.2) is 29.3 Å². The summed E-state index contributed by atoms with van der Waals surface area (Å²) in [7, 11) is 0. The van der Waals surface area contributed by atoms with Crippen molar-refractivity contribution in [3.8, 4) is 0 Å². The Balaban J connectivity index is 2.18. The summed E-state index contributed by atoms with van der Waals surface area (Å²) < 4.78 is 0. The number of fused-ring (bicyclic) bond motifs is 1. The topological polar surface area (TPSA) is 32.6 Å². The Labute approximate surface area is 66.0 Å². The Kier molecular flexibility index (Phi) is 1.62. The van der Waals surface area contributed by atoms with Crippen molar-refractivity contribution in [2.24, 2.45) is 16.8 Å². The number of nitrogens with zero attached hydrogens (tertiary/aromatic N) is 1. The first-order valence-electron chi connectivity index (χ1n) is 3.91. The molecular weight excluding hydrogens is 138 g/mol. The molecule has 2 heteroatoms. The van der Waals surface area contributed by atoms with E-state index in [2.05, 4.69) is 17.1 Å². The highest BCUT2D eigenvalue weighted by Gasteiger charge is 2.29. The highest BCUT2D eigenvalue weighted by atomic mass is 16.3. The summed E-state index contributed by atoms with van der Waals surface area (Å²) in [6.45, 7) is 0.211. The van der Waals surface area contributed by atoms with Gasteiger partial charge in [0.2, 0.25) is 0 Å². The summed E-state index contributed by atoms with van der Waals surface area (Å²) in [6, 6.07) is 0.289. The lowest BCUT2D eigenvalue weighted by molar-refractivity contribution is 0.240. The standard InChI is InChI=1S/C9H11NO/c11-6-7-5-10-9-4-2-1-3-8(7)9/h1-5,7-9,11H,6H2. The molecule has 0 radical (unpaired) electrons. The van der Waals surface area contributed by atoms with Crippen molar-refractivity contribution < 1.29 is 5.11 Å². The van der Waals surface area contributed by atoms with E-state index in [9.17, 15) is 0 Å². The second-order valence-corrected chi connectivity index (χ2v) is 2.98. The van der Waals surface area contributed by atoms with E-state index < -0.39 is 0 Å². The van der Waals surface area contributed by atoms with E-state index in [0.29, 0.717) is 5.92 Å². The van der Waals surface area contributed by atoms with Crippen LogP contribution in [-0.2, 0) is 0 Å². The summed E-state index contributed by atoms with van der Waals surface area (Å²) in [5.41, 5.74) is 0. The van der Waals surface area contributed by atoms with Crippen molar-refractivity contribution in [2.75, 3.05) is 6.61 Å². The number of hydrogen-bond acceptors (Lipinski definition) is 2. The van der Waals surface area contributed by atoms with E-state index in [1.165, 1.54) is 0 Å². The van der Waals surface area contributed by atoms with Crippen LogP contribution in [0.1, 0.15) is 0 Å². The molecule has 3 unspecified atom stereocenters. The fraction of sp³-hybridized carbons (Fsp3) is 0.444. The number of aliphatic hydroxyl groups excluding tert-OH is 1. The average Bonchev–Trinajstić information content (AvgIpc) is 2.47. The minimum absolute atomic E-state index is 0.211. The van der Waals surface area contributed by atoms with Crippen molar-refractivity contribution in [3.05, 3.63) is 24.3 Å². The summed E-state index contributed by atoms with van der Waals surface area (Å²) in [5, 5.41) is 8.96. The van der Waals surface area contributed by atoms with Crippen molar-refractivity contribution in [1.29, 1.82) is 0 Å². The zero-order valence-electron chi connectivity index (χ0n) is 6.22. The molecule has 1 N–H and O–H groups in total. The lowest BCUT2D eigenvalue weighted by Gasteiger charge is -2.18. The van der Waals surface area contributed by atoms with Crippen molar-refractivity contribution in [3.63, 3.8) is 0 Å². The van der Waals surface area contributed by atoms with E-state index in [1.54, 1.807) is 0 Å². The maximum absolute atomic E-state index is 8.96. The molecule has 0 aromatic heterocycles. The zero-order valence-corrected chi connectivity index (χ0v) is 6.22. The normalized spacial score (nSPS) is 39.5. The van der Waals surface area contributed by atoms with Crippen LogP contribution < -0.4 is 0 Å². The lowest BCUT2D eigenvalue weighted by Crippen LogP contribution is -2.21. The first kappa shape index (κ1) is 6.80. The van der Waals surface area contributed by atoms with Crippen LogP contribution in [0.5, 0.6) is 0 Å². The van der Waals surface area contributed by atoms with E-state index in [1.807, 2.05) is 18.4 Å². The lowest BCUT2D eigenvalue weighted by atomic mass is 9.88. The van der Waals surface area contributed by atoms with Crippen LogP contribution in [0.25, 0.3) is 0 Å². The van der Waals surface area contributed by atoms with Crippen LogP contribution in [0.4, 0.5) is 0 Å². The van der Waals surface area contributed by atoms with Gasteiger partial charge in [-0.15, -0.1) is 0 Å². The molecule has 0 amide bonds. The number of allylic oxidation sites excluding steroid dienone is 2. The molecule has 11 heavy (non-hydrogen) atoms. The highest BCUT2D eigenvalue weighted by molar-refractivity contribution is 5.66. The highest BCUT2D eigenvalue weighted by Crippen LogP contribution is 2.27. The molecule has 1 aliphatic carbocycles. The molecule has 0 saturated carbocycles. The molecule has 1 heterocycles. The van der Waals surface area contributed by atoms with E-state index in [-0.39, 0.29) is 18.6 Å². The van der Waals surface area contributed by atoms with Gasteiger partial charge in [0.1, 0.15) is 0 Å². The van der Waals surface area contributed by atoms with Gasteiger partial charge in [-0.1, -0.05) is 24.3 Å². The summed E-state index contributed by atoms with van der Waals surface area (Å²) >= 11 is 0. The Hall–Kier alpha value is -0.890. The van der Waals surface area contributed by atoms with Gasteiger partial charge in [-0.05, 0) is 0 Å². The SMILES string of the molecule is OCC1C=NC2C=CC=CC12. The van der Waals surface area contributed by atoms with Gasteiger partial charge in [0.25, 0.3) is 0 Å². The summed E-state index contributed by atoms with van der Waals surface area (Å²) in [5.74, 6) is 0.645. The third-order valence-electron chi connectivity index (χ3n) is 2.30. The smallest absolute Gasteiger partial charge is 0.0748 e. The molecule has 1 aliphatic heterocycles. The maximum Gasteiger partial charge on any atom is 0.0748 e. The van der Waals surface area contributed by atoms with Crippen LogP contribution in [0.3, 0.4) is 0 Å². The van der Waals surface area contributed by atoms with E-state index in [4.69, 9.17) is 5.11 Å². The molecule has 0 aromatic carbocycles. The third kappa shape index (κ3) is 1.03. The second-order valence-electron chi connectivity index (χ2n) is 2.98. The number of aliphatic imine (C=N–C) groups is 1. The molecule has 2 aliphatic rings. The quantitative estimate of drug-likeness (QED) is 0.587. The molecule has 0 bridgehead atoms. The molecule has 0 spiro atoms. The summed E-state index contributed by atoms with van der Waals surface area (Å²) in [6.07, 6.45) is 10.1. The Bertz CT molecular complexity index is 230. The molecule has 58 valence electrons. The molecule has 3 atom stereocenters. The molecule has 0 fully saturated rings. The Morgan fingerprint density at radius 1 is 1.27 bits per heavy atom. The van der Waals surface area contributed by atoms with E-state index >= 15 is 0 Å². The largest absolute Gasteiger partial charge is 0.396 e. The van der Waals surface area contributed by atoms with Crippen LogP contribution >= 0.6 is 0 Å². The molecule has 0 aromatic rings.